The lowest BCUT2D eigenvalue weighted by molar-refractivity contribution is -0.123. The van der Waals surface area contributed by atoms with Gasteiger partial charge in [0.05, 0.1) is 6.33 Å². The zero-order valence-corrected chi connectivity index (χ0v) is 16.0. The van der Waals surface area contributed by atoms with Gasteiger partial charge in [-0.15, -0.1) is 0 Å². The van der Waals surface area contributed by atoms with Crippen LogP contribution in [0.3, 0.4) is 0 Å². The van der Waals surface area contributed by atoms with Crippen molar-refractivity contribution < 1.29 is 14.4 Å². The van der Waals surface area contributed by atoms with E-state index in [0.717, 1.165) is 12.4 Å². The van der Waals surface area contributed by atoms with E-state index in [1.165, 1.54) is 0 Å². The van der Waals surface area contributed by atoms with Crippen LogP contribution in [0.4, 0.5) is 5.69 Å². The van der Waals surface area contributed by atoms with Crippen LogP contribution in [-0.2, 0) is 4.79 Å². The molecule has 2 rings (SSSR count). The van der Waals surface area contributed by atoms with E-state index in [2.05, 4.69) is 25.9 Å². The maximum atomic E-state index is 12.1. The van der Waals surface area contributed by atoms with Gasteiger partial charge in [-0.25, -0.2) is 4.98 Å². The lowest BCUT2D eigenvalue weighted by atomic mass is 9.95. The number of hydrogen-bond acceptors (Lipinski definition) is 5. The monoisotopic (exact) mass is 385 g/mol. The molecule has 0 bridgehead atoms. The van der Waals surface area contributed by atoms with Crippen LogP contribution in [0.2, 0.25) is 0 Å². The number of amides is 3. The SMILES string of the molecule is CC(C)(C)C(=O)Nc1ccc(C(=O)NCCNC(=O)c2cc(=O)[nH]cn2)cc1. The van der Waals surface area contributed by atoms with Crippen LogP contribution in [0, 0.1) is 5.41 Å². The van der Waals surface area contributed by atoms with E-state index >= 15 is 0 Å². The molecule has 2 aromatic rings. The van der Waals surface area contributed by atoms with Crippen molar-refractivity contribution in [1.29, 1.82) is 0 Å². The summed E-state index contributed by atoms with van der Waals surface area (Å²) in [5.41, 5.74) is 0.104. The molecule has 0 radical (unpaired) electrons. The van der Waals surface area contributed by atoms with Crippen molar-refractivity contribution in [3.8, 4) is 0 Å². The van der Waals surface area contributed by atoms with Crippen molar-refractivity contribution in [1.82, 2.24) is 20.6 Å². The topological polar surface area (TPSA) is 133 Å². The lowest BCUT2D eigenvalue weighted by Crippen LogP contribution is -2.35. The van der Waals surface area contributed by atoms with E-state index in [1.807, 2.05) is 20.8 Å². The maximum Gasteiger partial charge on any atom is 0.270 e. The third-order valence-corrected chi connectivity index (χ3v) is 3.69. The summed E-state index contributed by atoms with van der Waals surface area (Å²) >= 11 is 0. The molecule has 0 aliphatic heterocycles. The predicted molar refractivity (Wildman–Crippen MR) is 104 cm³/mol. The van der Waals surface area contributed by atoms with Crippen LogP contribution in [0.15, 0.2) is 41.5 Å². The zero-order chi connectivity index (χ0) is 20.7. The smallest absolute Gasteiger partial charge is 0.270 e. The van der Waals surface area contributed by atoms with E-state index in [1.54, 1.807) is 24.3 Å². The van der Waals surface area contributed by atoms with Gasteiger partial charge in [-0.05, 0) is 24.3 Å². The Morgan fingerprint density at radius 1 is 1.00 bits per heavy atom. The maximum absolute atomic E-state index is 12.1. The first-order chi connectivity index (χ1) is 13.2. The Labute approximate surface area is 162 Å². The number of nitrogens with zero attached hydrogens (tertiary/aromatic N) is 1. The lowest BCUT2D eigenvalue weighted by Gasteiger charge is -2.17. The average molecular weight is 385 g/mol. The largest absolute Gasteiger partial charge is 0.350 e. The van der Waals surface area contributed by atoms with Crippen molar-refractivity contribution in [2.45, 2.75) is 20.8 Å². The van der Waals surface area contributed by atoms with Gasteiger partial charge in [0, 0.05) is 35.8 Å². The minimum atomic E-state index is -0.511. The van der Waals surface area contributed by atoms with Crippen LogP contribution in [0.1, 0.15) is 41.6 Å². The van der Waals surface area contributed by atoms with Gasteiger partial charge in [0.2, 0.25) is 5.91 Å². The predicted octanol–water partition coefficient (Wildman–Crippen LogP) is 0.914. The van der Waals surface area contributed by atoms with Crippen molar-refractivity contribution in [3.63, 3.8) is 0 Å². The minimum absolute atomic E-state index is 0.00275. The summed E-state index contributed by atoms with van der Waals surface area (Å²) in [6, 6.07) is 7.60. The number of rotatable bonds is 6. The highest BCUT2D eigenvalue weighted by Crippen LogP contribution is 2.17. The number of H-pyrrole nitrogens is 1. The van der Waals surface area contributed by atoms with Gasteiger partial charge >= 0.3 is 0 Å². The molecule has 0 aliphatic carbocycles. The molecule has 3 amide bonds. The Balaban J connectivity index is 1.79. The standard InChI is InChI=1S/C19H23N5O4/c1-19(2,3)18(28)24-13-6-4-12(5-7-13)16(26)20-8-9-21-17(27)14-10-15(25)23-11-22-14/h4-7,10-11H,8-9H2,1-3H3,(H,20,26)(H,21,27)(H,24,28)(H,22,23,25). The summed E-state index contributed by atoms with van der Waals surface area (Å²) in [5, 5.41) is 8.02. The van der Waals surface area contributed by atoms with Crippen molar-refractivity contribution in [3.05, 3.63) is 58.3 Å². The van der Waals surface area contributed by atoms with Gasteiger partial charge in [-0.1, -0.05) is 20.8 Å². The summed E-state index contributed by atoms with van der Waals surface area (Å²) in [4.78, 5) is 53.1. The third kappa shape index (κ3) is 6.04. The molecule has 0 spiro atoms. The summed E-state index contributed by atoms with van der Waals surface area (Å²) in [7, 11) is 0. The van der Waals surface area contributed by atoms with Crippen LogP contribution < -0.4 is 21.5 Å². The van der Waals surface area contributed by atoms with Crippen LogP contribution in [0.5, 0.6) is 0 Å². The summed E-state index contributed by atoms with van der Waals surface area (Å²) in [6.07, 6.45) is 1.15. The molecule has 1 aromatic heterocycles. The van der Waals surface area contributed by atoms with Crippen LogP contribution >= 0.6 is 0 Å². The van der Waals surface area contributed by atoms with Gasteiger partial charge in [-0.2, -0.15) is 0 Å². The number of nitrogens with one attached hydrogen (secondary N) is 4. The van der Waals surface area contributed by atoms with Crippen molar-refractivity contribution >= 4 is 23.4 Å². The fourth-order valence-corrected chi connectivity index (χ4v) is 2.06. The van der Waals surface area contributed by atoms with Gasteiger partial charge in [0.15, 0.2) is 0 Å². The second-order valence-electron chi connectivity index (χ2n) is 7.09. The van der Waals surface area contributed by atoms with Crippen LogP contribution in [0.25, 0.3) is 0 Å². The number of benzene rings is 1. The Bertz CT molecular complexity index is 913. The number of aromatic nitrogens is 2. The van der Waals surface area contributed by atoms with Crippen molar-refractivity contribution in [2.75, 3.05) is 18.4 Å². The first-order valence-corrected chi connectivity index (χ1v) is 8.69. The Hall–Kier alpha value is -3.49. The number of anilines is 1. The Morgan fingerprint density at radius 3 is 2.18 bits per heavy atom. The molecule has 9 nitrogen and oxygen atoms in total. The first-order valence-electron chi connectivity index (χ1n) is 8.69. The highest BCUT2D eigenvalue weighted by molar-refractivity contribution is 5.97. The Kier molecular flexibility index (Phi) is 6.64. The summed E-state index contributed by atoms with van der Waals surface area (Å²) < 4.78 is 0. The van der Waals surface area contributed by atoms with E-state index in [9.17, 15) is 19.2 Å². The number of hydrogen-bond donors (Lipinski definition) is 4. The van der Waals surface area contributed by atoms with Crippen molar-refractivity contribution in [2.24, 2.45) is 5.41 Å². The van der Waals surface area contributed by atoms with Gasteiger partial charge < -0.3 is 20.9 Å². The van der Waals surface area contributed by atoms with E-state index in [-0.39, 0.29) is 30.6 Å². The molecule has 0 fully saturated rings. The molecule has 0 atom stereocenters. The molecule has 148 valence electrons. The summed E-state index contributed by atoms with van der Waals surface area (Å²) in [5.74, 6) is -0.924. The van der Waals surface area contributed by atoms with Gasteiger partial charge in [0.25, 0.3) is 17.4 Å². The highest BCUT2D eigenvalue weighted by atomic mass is 16.2. The first kappa shape index (κ1) is 20.8. The molecular weight excluding hydrogens is 362 g/mol. The Morgan fingerprint density at radius 2 is 1.61 bits per heavy atom. The molecule has 0 saturated heterocycles. The quantitative estimate of drug-likeness (QED) is 0.549. The average Bonchev–Trinajstić information content (AvgIpc) is 2.64. The molecule has 9 heteroatoms. The van der Waals surface area contributed by atoms with Gasteiger partial charge in [-0.3, -0.25) is 19.2 Å². The minimum Gasteiger partial charge on any atom is -0.350 e. The fourth-order valence-electron chi connectivity index (χ4n) is 2.06. The number of aromatic amines is 1. The molecule has 0 aliphatic rings. The molecule has 0 saturated carbocycles. The molecule has 4 N–H and O–H groups in total. The normalized spacial score (nSPS) is 10.8. The van der Waals surface area contributed by atoms with E-state index in [0.29, 0.717) is 11.3 Å². The molecule has 0 unspecified atom stereocenters. The second kappa shape index (κ2) is 8.94. The van der Waals surface area contributed by atoms with E-state index in [4.69, 9.17) is 0 Å². The molecule has 1 heterocycles. The third-order valence-electron chi connectivity index (χ3n) is 3.69. The highest BCUT2D eigenvalue weighted by Gasteiger charge is 2.21. The fraction of sp³-hybridized carbons (Fsp3) is 0.316. The second-order valence-corrected chi connectivity index (χ2v) is 7.09. The number of carbonyl (C=O) groups excluding carboxylic acids is 3. The van der Waals surface area contributed by atoms with Crippen LogP contribution in [-0.4, -0.2) is 40.8 Å². The zero-order valence-electron chi connectivity index (χ0n) is 16.0. The summed E-state index contributed by atoms with van der Waals surface area (Å²) in [6.45, 7) is 5.83. The molecular formula is C19H23N5O4. The number of carbonyl (C=O) groups is 3. The van der Waals surface area contributed by atoms with Gasteiger partial charge in [0.1, 0.15) is 5.69 Å². The molecule has 28 heavy (non-hydrogen) atoms. The van der Waals surface area contributed by atoms with E-state index < -0.39 is 16.9 Å². The molecule has 1 aromatic carbocycles.